The van der Waals surface area contributed by atoms with Crippen molar-refractivity contribution in [1.82, 2.24) is 0 Å². The molecule has 158 valence electrons. The molecular formula is C20H20FN3O5S. The topological polar surface area (TPSA) is 114 Å². The Morgan fingerprint density at radius 2 is 1.87 bits per heavy atom. The van der Waals surface area contributed by atoms with E-state index < -0.39 is 34.3 Å². The maximum absolute atomic E-state index is 12.9. The van der Waals surface area contributed by atoms with Gasteiger partial charge >= 0.3 is 5.97 Å². The predicted octanol–water partition coefficient (Wildman–Crippen LogP) is 2.94. The van der Waals surface area contributed by atoms with Crippen molar-refractivity contribution >= 4 is 39.1 Å². The van der Waals surface area contributed by atoms with Gasteiger partial charge in [0.2, 0.25) is 0 Å². The van der Waals surface area contributed by atoms with Crippen molar-refractivity contribution in [2.75, 3.05) is 17.2 Å². The molecule has 2 aromatic rings. The van der Waals surface area contributed by atoms with Crippen molar-refractivity contribution in [3.05, 3.63) is 54.3 Å². The van der Waals surface area contributed by atoms with E-state index in [4.69, 9.17) is 4.74 Å². The number of ether oxygens (including phenoxy) is 1. The minimum atomic E-state index is -3.79. The average molecular weight is 433 g/mol. The van der Waals surface area contributed by atoms with Crippen LogP contribution in [-0.4, -0.2) is 32.7 Å². The first-order valence-electron chi connectivity index (χ1n) is 9.14. The van der Waals surface area contributed by atoms with E-state index in [1.807, 2.05) is 0 Å². The number of hydrogen-bond acceptors (Lipinski definition) is 6. The van der Waals surface area contributed by atoms with Crippen LogP contribution in [0.5, 0.6) is 0 Å². The smallest absolute Gasteiger partial charge is 0.306 e. The van der Waals surface area contributed by atoms with Crippen LogP contribution in [0, 0.1) is 11.7 Å². The SMILES string of the molecule is CC(CC(=O)OCC(=O)Nc1ccc(F)cc1)CC1=NS(=O)(=O)c2ccccc2N1. The number of carbonyl (C=O) groups excluding carboxylic acids is 2. The van der Waals surface area contributed by atoms with Gasteiger partial charge in [-0.15, -0.1) is 4.40 Å². The highest BCUT2D eigenvalue weighted by Gasteiger charge is 2.25. The number of nitrogens with one attached hydrogen (secondary N) is 2. The van der Waals surface area contributed by atoms with Gasteiger partial charge in [-0.1, -0.05) is 19.1 Å². The van der Waals surface area contributed by atoms with E-state index in [1.54, 1.807) is 25.1 Å². The molecule has 0 fully saturated rings. The van der Waals surface area contributed by atoms with Crippen LogP contribution in [0.2, 0.25) is 0 Å². The first-order chi connectivity index (χ1) is 14.2. The van der Waals surface area contributed by atoms with Gasteiger partial charge in [0.25, 0.3) is 15.9 Å². The summed E-state index contributed by atoms with van der Waals surface area (Å²) in [6, 6.07) is 11.6. The monoisotopic (exact) mass is 433 g/mol. The third kappa shape index (κ3) is 5.63. The van der Waals surface area contributed by atoms with E-state index in [0.29, 0.717) is 11.4 Å². The van der Waals surface area contributed by atoms with Crippen LogP contribution in [0.1, 0.15) is 19.8 Å². The van der Waals surface area contributed by atoms with Gasteiger partial charge in [-0.05, 0) is 42.3 Å². The second-order valence-corrected chi connectivity index (χ2v) is 8.44. The Labute approximate surface area is 173 Å². The molecule has 1 atom stereocenters. The molecule has 0 aliphatic carbocycles. The molecule has 1 heterocycles. The fraction of sp³-hybridized carbons (Fsp3) is 0.250. The Morgan fingerprint density at radius 3 is 2.60 bits per heavy atom. The Morgan fingerprint density at radius 1 is 1.17 bits per heavy atom. The van der Waals surface area contributed by atoms with Crippen LogP contribution in [0.3, 0.4) is 0 Å². The average Bonchev–Trinajstić information content (AvgIpc) is 2.67. The van der Waals surface area contributed by atoms with Crippen molar-refractivity contribution in [1.29, 1.82) is 0 Å². The van der Waals surface area contributed by atoms with Gasteiger partial charge in [-0.25, -0.2) is 4.39 Å². The summed E-state index contributed by atoms with van der Waals surface area (Å²) in [4.78, 5) is 23.9. The zero-order valence-corrected chi connectivity index (χ0v) is 16.9. The highest BCUT2D eigenvalue weighted by molar-refractivity contribution is 7.90. The fourth-order valence-corrected chi connectivity index (χ4v) is 4.03. The van der Waals surface area contributed by atoms with E-state index in [2.05, 4.69) is 15.0 Å². The summed E-state index contributed by atoms with van der Waals surface area (Å²) >= 11 is 0. The molecule has 1 aliphatic rings. The van der Waals surface area contributed by atoms with Gasteiger partial charge < -0.3 is 15.4 Å². The summed E-state index contributed by atoms with van der Waals surface area (Å²) in [5, 5.41) is 5.45. The number of sulfonamides is 1. The Kier molecular flexibility index (Phi) is 6.46. The molecule has 3 rings (SSSR count). The standard InChI is InChI=1S/C20H20FN3O5S/c1-13(10-18-23-16-4-2-3-5-17(16)30(27,28)24-18)11-20(26)29-12-19(25)22-15-8-6-14(21)7-9-15/h2-9,13H,10-12H2,1H3,(H,22,25)(H,23,24). The summed E-state index contributed by atoms with van der Waals surface area (Å²) in [5.41, 5.74) is 0.823. The number of amides is 1. The summed E-state index contributed by atoms with van der Waals surface area (Å²) in [6.07, 6.45) is 0.191. The number of benzene rings is 2. The highest BCUT2D eigenvalue weighted by atomic mass is 32.2. The molecule has 1 unspecified atom stereocenters. The lowest BCUT2D eigenvalue weighted by molar-refractivity contribution is -0.148. The van der Waals surface area contributed by atoms with Gasteiger partial charge in [0.05, 0.1) is 5.69 Å². The zero-order chi connectivity index (χ0) is 21.7. The predicted molar refractivity (Wildman–Crippen MR) is 109 cm³/mol. The molecule has 0 bridgehead atoms. The number of para-hydroxylation sites is 1. The summed E-state index contributed by atoms with van der Waals surface area (Å²) in [6.45, 7) is 1.26. The van der Waals surface area contributed by atoms with Crippen LogP contribution >= 0.6 is 0 Å². The molecule has 8 nitrogen and oxygen atoms in total. The first kappa shape index (κ1) is 21.4. The Bertz CT molecular complexity index is 1080. The van der Waals surface area contributed by atoms with Crippen LogP contribution in [0.25, 0.3) is 0 Å². The second kappa shape index (κ2) is 9.04. The number of nitrogens with zero attached hydrogens (tertiary/aromatic N) is 1. The number of carbonyl (C=O) groups is 2. The molecule has 2 aromatic carbocycles. The number of esters is 1. The number of rotatable bonds is 7. The molecule has 10 heteroatoms. The van der Waals surface area contributed by atoms with Gasteiger partial charge in [0.15, 0.2) is 6.61 Å². The summed E-state index contributed by atoms with van der Waals surface area (Å²) < 4.78 is 46.1. The molecule has 0 radical (unpaired) electrons. The first-order valence-corrected chi connectivity index (χ1v) is 10.6. The Balaban J connectivity index is 1.47. The number of halogens is 1. The lowest BCUT2D eigenvalue weighted by atomic mass is 10.0. The molecule has 1 aliphatic heterocycles. The largest absolute Gasteiger partial charge is 0.456 e. The molecule has 1 amide bonds. The minimum Gasteiger partial charge on any atom is -0.456 e. The normalized spacial score (nSPS) is 15.2. The lowest BCUT2D eigenvalue weighted by Gasteiger charge is -2.20. The molecule has 0 spiro atoms. The maximum atomic E-state index is 12.9. The van der Waals surface area contributed by atoms with Crippen LogP contribution in [0.15, 0.2) is 57.8 Å². The van der Waals surface area contributed by atoms with Gasteiger partial charge in [0, 0.05) is 18.5 Å². The fourth-order valence-electron chi connectivity index (χ4n) is 2.88. The van der Waals surface area contributed by atoms with Crippen molar-refractivity contribution < 1.29 is 27.1 Å². The maximum Gasteiger partial charge on any atom is 0.306 e. The minimum absolute atomic E-state index is 0.0216. The molecule has 0 saturated carbocycles. The van der Waals surface area contributed by atoms with E-state index in [0.717, 1.165) is 0 Å². The molecular weight excluding hydrogens is 413 g/mol. The second-order valence-electron chi connectivity index (χ2n) is 6.86. The third-order valence-corrected chi connectivity index (χ3v) is 5.60. The van der Waals surface area contributed by atoms with E-state index in [9.17, 15) is 22.4 Å². The quantitative estimate of drug-likeness (QED) is 0.649. The molecule has 30 heavy (non-hydrogen) atoms. The van der Waals surface area contributed by atoms with Gasteiger partial charge in [0.1, 0.15) is 16.5 Å². The van der Waals surface area contributed by atoms with Crippen molar-refractivity contribution in [2.24, 2.45) is 10.3 Å². The highest BCUT2D eigenvalue weighted by Crippen LogP contribution is 2.28. The number of amidine groups is 1. The Hall–Kier alpha value is -3.27. The lowest BCUT2D eigenvalue weighted by Crippen LogP contribution is -2.25. The zero-order valence-electron chi connectivity index (χ0n) is 16.1. The molecule has 2 N–H and O–H groups in total. The van der Waals surface area contributed by atoms with Gasteiger partial charge in [-0.3, -0.25) is 9.59 Å². The van der Waals surface area contributed by atoms with E-state index in [-0.39, 0.29) is 29.5 Å². The summed E-state index contributed by atoms with van der Waals surface area (Å²) in [7, 11) is -3.79. The molecule has 0 saturated heterocycles. The van der Waals surface area contributed by atoms with Crippen LogP contribution in [0.4, 0.5) is 15.8 Å². The molecule has 0 aromatic heterocycles. The van der Waals surface area contributed by atoms with Crippen LogP contribution in [-0.2, 0) is 24.3 Å². The van der Waals surface area contributed by atoms with E-state index in [1.165, 1.54) is 30.3 Å². The number of anilines is 2. The van der Waals surface area contributed by atoms with Crippen LogP contribution < -0.4 is 10.6 Å². The van der Waals surface area contributed by atoms with Crippen molar-refractivity contribution in [3.8, 4) is 0 Å². The third-order valence-electron chi connectivity index (χ3n) is 4.22. The van der Waals surface area contributed by atoms with Crippen molar-refractivity contribution in [3.63, 3.8) is 0 Å². The van der Waals surface area contributed by atoms with E-state index >= 15 is 0 Å². The number of hydrogen-bond donors (Lipinski definition) is 2. The summed E-state index contributed by atoms with van der Waals surface area (Å²) in [5.74, 6) is -1.62. The van der Waals surface area contributed by atoms with Crippen molar-refractivity contribution in [2.45, 2.75) is 24.7 Å². The van der Waals surface area contributed by atoms with Gasteiger partial charge in [-0.2, -0.15) is 8.42 Å². The number of fused-ring (bicyclic) bond motifs is 1.